The van der Waals surface area contributed by atoms with Crippen molar-refractivity contribution in [1.29, 1.82) is 0 Å². The molecule has 0 spiro atoms. The van der Waals surface area contributed by atoms with Gasteiger partial charge in [-0.2, -0.15) is 0 Å². The highest BCUT2D eigenvalue weighted by atomic mass is 32.1. The molecule has 2 fully saturated rings. The summed E-state index contributed by atoms with van der Waals surface area (Å²) in [7, 11) is 0. The number of carbonyl (C=O) groups excluding carboxylic acids is 2. The molecule has 1 aliphatic heterocycles. The number of thiazole rings is 1. The molecule has 1 N–H and O–H groups in total. The van der Waals surface area contributed by atoms with Gasteiger partial charge in [0, 0.05) is 42.8 Å². The van der Waals surface area contributed by atoms with Crippen LogP contribution < -0.4 is 5.32 Å². The van der Waals surface area contributed by atoms with E-state index in [1.54, 1.807) is 17.5 Å². The van der Waals surface area contributed by atoms with Crippen molar-refractivity contribution >= 4 is 23.2 Å². The van der Waals surface area contributed by atoms with Gasteiger partial charge in [0.15, 0.2) is 0 Å². The lowest BCUT2D eigenvalue weighted by molar-refractivity contribution is -0.131. The number of rotatable bonds is 6. The van der Waals surface area contributed by atoms with E-state index in [2.05, 4.69) is 15.3 Å². The molecule has 28 heavy (non-hydrogen) atoms. The summed E-state index contributed by atoms with van der Waals surface area (Å²) in [5.41, 5.74) is 2.42. The summed E-state index contributed by atoms with van der Waals surface area (Å²) < 4.78 is 0. The van der Waals surface area contributed by atoms with Crippen molar-refractivity contribution < 1.29 is 9.59 Å². The number of aryl methyl sites for hydroxylation is 1. The largest absolute Gasteiger partial charge is 0.352 e. The first-order valence-electron chi connectivity index (χ1n) is 10.0. The Morgan fingerprint density at radius 3 is 2.82 bits per heavy atom. The molecule has 1 saturated heterocycles. The van der Waals surface area contributed by atoms with Crippen LogP contribution in [0.3, 0.4) is 0 Å². The van der Waals surface area contributed by atoms with Crippen LogP contribution in [-0.4, -0.2) is 46.3 Å². The van der Waals surface area contributed by atoms with E-state index >= 15 is 0 Å². The lowest BCUT2D eigenvalue weighted by Crippen LogP contribution is -2.40. The van der Waals surface area contributed by atoms with Crippen LogP contribution in [0.15, 0.2) is 23.7 Å². The Bertz CT molecular complexity index is 844. The minimum atomic E-state index is -0.0510. The molecule has 2 aromatic heterocycles. The second-order valence-electron chi connectivity index (χ2n) is 7.84. The first-order chi connectivity index (χ1) is 13.6. The molecule has 2 aromatic rings. The van der Waals surface area contributed by atoms with Crippen LogP contribution in [0.2, 0.25) is 0 Å². The SMILES string of the molecule is Cc1nc(CC(=O)N2CCC[C@@H](c3ccc(C(=O)NCC4CC4)cn3)C2)cs1. The number of likely N-dealkylation sites (tertiary alicyclic amines) is 1. The van der Waals surface area contributed by atoms with Gasteiger partial charge in [0.25, 0.3) is 5.91 Å². The van der Waals surface area contributed by atoms with E-state index in [-0.39, 0.29) is 17.7 Å². The third kappa shape index (κ3) is 4.76. The van der Waals surface area contributed by atoms with Gasteiger partial charge in [-0.3, -0.25) is 14.6 Å². The van der Waals surface area contributed by atoms with Crippen molar-refractivity contribution in [1.82, 2.24) is 20.2 Å². The number of hydrogen-bond donors (Lipinski definition) is 1. The smallest absolute Gasteiger partial charge is 0.252 e. The van der Waals surface area contributed by atoms with Gasteiger partial charge in [0.05, 0.1) is 22.7 Å². The number of hydrogen-bond acceptors (Lipinski definition) is 5. The van der Waals surface area contributed by atoms with Gasteiger partial charge in [-0.15, -0.1) is 11.3 Å². The first kappa shape index (κ1) is 19.1. The molecule has 0 radical (unpaired) electrons. The van der Waals surface area contributed by atoms with Crippen LogP contribution in [-0.2, 0) is 11.2 Å². The minimum absolute atomic E-state index is 0.0510. The predicted molar refractivity (Wildman–Crippen MR) is 108 cm³/mol. The summed E-state index contributed by atoms with van der Waals surface area (Å²) in [6.07, 6.45) is 6.45. The Kier molecular flexibility index (Phi) is 5.71. The van der Waals surface area contributed by atoms with Crippen molar-refractivity contribution in [3.05, 3.63) is 45.7 Å². The molecular weight excluding hydrogens is 372 g/mol. The van der Waals surface area contributed by atoms with Crippen LogP contribution >= 0.6 is 11.3 Å². The Morgan fingerprint density at radius 2 is 2.14 bits per heavy atom. The lowest BCUT2D eigenvalue weighted by atomic mass is 9.93. The van der Waals surface area contributed by atoms with Crippen LogP contribution in [0.1, 0.15) is 58.4 Å². The molecule has 7 heteroatoms. The van der Waals surface area contributed by atoms with Crippen LogP contribution in [0.4, 0.5) is 0 Å². The normalized spacial score (nSPS) is 19.5. The molecular formula is C21H26N4O2S. The van der Waals surface area contributed by atoms with Crippen molar-refractivity contribution in [3.63, 3.8) is 0 Å². The molecule has 4 rings (SSSR count). The molecule has 0 aromatic carbocycles. The van der Waals surface area contributed by atoms with Gasteiger partial charge < -0.3 is 10.2 Å². The third-order valence-electron chi connectivity index (χ3n) is 5.49. The highest BCUT2D eigenvalue weighted by molar-refractivity contribution is 7.09. The maximum atomic E-state index is 12.6. The number of carbonyl (C=O) groups is 2. The zero-order valence-corrected chi connectivity index (χ0v) is 17.0. The van der Waals surface area contributed by atoms with Gasteiger partial charge in [-0.1, -0.05) is 0 Å². The highest BCUT2D eigenvalue weighted by Crippen LogP contribution is 2.28. The Balaban J connectivity index is 1.34. The monoisotopic (exact) mass is 398 g/mol. The number of amides is 2. The second kappa shape index (κ2) is 8.39. The van der Waals surface area contributed by atoms with Gasteiger partial charge >= 0.3 is 0 Å². The Morgan fingerprint density at radius 1 is 1.29 bits per heavy atom. The van der Waals surface area contributed by atoms with Crippen LogP contribution in [0.25, 0.3) is 0 Å². The van der Waals surface area contributed by atoms with Crippen LogP contribution in [0.5, 0.6) is 0 Å². The predicted octanol–water partition coefficient (Wildman–Crippen LogP) is 2.94. The maximum absolute atomic E-state index is 12.6. The van der Waals surface area contributed by atoms with Gasteiger partial charge in [-0.25, -0.2) is 4.98 Å². The van der Waals surface area contributed by atoms with Gasteiger partial charge in [0.1, 0.15) is 0 Å². The summed E-state index contributed by atoms with van der Waals surface area (Å²) in [5, 5.41) is 5.92. The number of nitrogens with zero attached hydrogens (tertiary/aromatic N) is 3. The number of nitrogens with one attached hydrogen (secondary N) is 1. The molecule has 2 aliphatic rings. The summed E-state index contributed by atoms with van der Waals surface area (Å²) in [6.45, 7) is 4.19. The molecule has 0 bridgehead atoms. The number of aromatic nitrogens is 2. The Hall–Kier alpha value is -2.28. The summed E-state index contributed by atoms with van der Waals surface area (Å²) in [4.78, 5) is 35.7. The molecule has 1 saturated carbocycles. The van der Waals surface area contributed by atoms with E-state index < -0.39 is 0 Å². The average Bonchev–Trinajstić information content (AvgIpc) is 3.47. The van der Waals surface area contributed by atoms with E-state index in [0.29, 0.717) is 24.4 Å². The van der Waals surface area contributed by atoms with E-state index in [9.17, 15) is 9.59 Å². The van der Waals surface area contributed by atoms with Crippen molar-refractivity contribution in [2.45, 2.75) is 44.9 Å². The lowest BCUT2D eigenvalue weighted by Gasteiger charge is -2.32. The van der Waals surface area contributed by atoms with Crippen molar-refractivity contribution in [2.24, 2.45) is 5.92 Å². The van der Waals surface area contributed by atoms with Crippen molar-refractivity contribution in [2.75, 3.05) is 19.6 Å². The standard InChI is InChI=1S/C21H26N4O2S/c1-14-24-18(13-28-14)9-20(26)25-8-2-3-17(12-25)19-7-6-16(11-22-19)21(27)23-10-15-4-5-15/h6-7,11,13,15,17H,2-5,8-10,12H2,1H3,(H,23,27)/t17-/m1/s1. The minimum Gasteiger partial charge on any atom is -0.352 e. The Labute approximate surface area is 169 Å². The maximum Gasteiger partial charge on any atom is 0.252 e. The summed E-state index contributed by atoms with van der Waals surface area (Å²) in [6, 6.07) is 3.79. The fraction of sp³-hybridized carbons (Fsp3) is 0.524. The van der Waals surface area contributed by atoms with E-state index in [1.807, 2.05) is 29.3 Å². The van der Waals surface area contributed by atoms with E-state index in [1.165, 1.54) is 12.8 Å². The summed E-state index contributed by atoms with van der Waals surface area (Å²) in [5.74, 6) is 0.963. The fourth-order valence-electron chi connectivity index (χ4n) is 3.64. The highest BCUT2D eigenvalue weighted by Gasteiger charge is 2.26. The molecule has 148 valence electrons. The number of pyridine rings is 1. The third-order valence-corrected chi connectivity index (χ3v) is 6.31. The van der Waals surface area contributed by atoms with Gasteiger partial charge in [0.2, 0.25) is 5.91 Å². The molecule has 1 aliphatic carbocycles. The summed E-state index contributed by atoms with van der Waals surface area (Å²) >= 11 is 1.58. The van der Waals surface area contributed by atoms with Crippen molar-refractivity contribution in [3.8, 4) is 0 Å². The topological polar surface area (TPSA) is 75.2 Å². The molecule has 6 nitrogen and oxygen atoms in total. The molecule has 2 amide bonds. The first-order valence-corrected chi connectivity index (χ1v) is 10.9. The zero-order valence-electron chi connectivity index (χ0n) is 16.2. The fourth-order valence-corrected chi connectivity index (χ4v) is 4.26. The number of piperidine rings is 1. The average molecular weight is 399 g/mol. The molecule has 3 heterocycles. The molecule has 0 unspecified atom stereocenters. The van der Waals surface area contributed by atoms with Crippen LogP contribution in [0, 0.1) is 12.8 Å². The quantitative estimate of drug-likeness (QED) is 0.812. The second-order valence-corrected chi connectivity index (χ2v) is 8.90. The van der Waals surface area contributed by atoms with E-state index in [4.69, 9.17) is 0 Å². The van der Waals surface area contributed by atoms with Gasteiger partial charge in [-0.05, 0) is 50.7 Å². The molecule has 1 atom stereocenters. The van der Waals surface area contributed by atoms with E-state index in [0.717, 1.165) is 42.3 Å². The zero-order chi connectivity index (χ0) is 19.5.